The molecule has 0 bridgehead atoms. The topological polar surface area (TPSA) is 75.7 Å². The van der Waals surface area contributed by atoms with Crippen LogP contribution in [0.5, 0.6) is 0 Å². The number of hydrogen-bond donors (Lipinski definition) is 1. The molecular formula is C20H17ClN2O4. The average molecular weight is 385 g/mol. The SMILES string of the molecule is CCc1ccccc1NC1=C(Cl)C(=O)N(c2ccc(C(=O)OC)cc2)C1=O. The Balaban J connectivity index is 1.89. The van der Waals surface area contributed by atoms with Crippen LogP contribution < -0.4 is 10.2 Å². The van der Waals surface area contributed by atoms with Crippen molar-refractivity contribution in [2.24, 2.45) is 0 Å². The van der Waals surface area contributed by atoms with Crippen molar-refractivity contribution in [3.8, 4) is 0 Å². The summed E-state index contributed by atoms with van der Waals surface area (Å²) in [5.74, 6) is -1.68. The Labute approximate surface area is 161 Å². The van der Waals surface area contributed by atoms with Crippen LogP contribution in [0.1, 0.15) is 22.8 Å². The van der Waals surface area contributed by atoms with Crippen LogP contribution in [0.3, 0.4) is 0 Å². The molecule has 3 rings (SSSR count). The molecule has 1 aliphatic heterocycles. The quantitative estimate of drug-likeness (QED) is 0.631. The van der Waals surface area contributed by atoms with Crippen LogP contribution in [0.4, 0.5) is 11.4 Å². The van der Waals surface area contributed by atoms with Gasteiger partial charge in [0.1, 0.15) is 10.7 Å². The van der Waals surface area contributed by atoms with Crippen LogP contribution in [0.25, 0.3) is 0 Å². The Morgan fingerprint density at radius 3 is 2.37 bits per heavy atom. The minimum Gasteiger partial charge on any atom is -0.465 e. The third kappa shape index (κ3) is 3.44. The number of para-hydroxylation sites is 1. The molecule has 2 amide bonds. The Morgan fingerprint density at radius 1 is 1.07 bits per heavy atom. The number of anilines is 2. The van der Waals surface area contributed by atoms with Gasteiger partial charge < -0.3 is 10.1 Å². The normalized spacial score (nSPS) is 14.0. The number of benzene rings is 2. The van der Waals surface area contributed by atoms with E-state index in [0.29, 0.717) is 11.3 Å². The number of carbonyl (C=O) groups is 3. The lowest BCUT2D eigenvalue weighted by Crippen LogP contribution is -2.32. The van der Waals surface area contributed by atoms with E-state index in [2.05, 4.69) is 10.1 Å². The zero-order valence-electron chi connectivity index (χ0n) is 14.8. The third-order valence-electron chi connectivity index (χ3n) is 4.23. The van der Waals surface area contributed by atoms with Gasteiger partial charge in [0.2, 0.25) is 0 Å². The number of nitrogens with zero attached hydrogens (tertiary/aromatic N) is 1. The zero-order chi connectivity index (χ0) is 19.6. The molecule has 0 fully saturated rings. The van der Waals surface area contributed by atoms with Crippen molar-refractivity contribution < 1.29 is 19.1 Å². The highest BCUT2D eigenvalue weighted by Gasteiger charge is 2.39. The largest absolute Gasteiger partial charge is 0.465 e. The smallest absolute Gasteiger partial charge is 0.337 e. The first-order chi connectivity index (χ1) is 13.0. The molecular weight excluding hydrogens is 368 g/mol. The second-order valence-corrected chi connectivity index (χ2v) is 6.19. The summed E-state index contributed by atoms with van der Waals surface area (Å²) < 4.78 is 4.64. The summed E-state index contributed by atoms with van der Waals surface area (Å²) in [5, 5.41) is 2.81. The van der Waals surface area contributed by atoms with E-state index in [0.717, 1.165) is 22.6 Å². The van der Waals surface area contributed by atoms with E-state index >= 15 is 0 Å². The van der Waals surface area contributed by atoms with Gasteiger partial charge in [-0.2, -0.15) is 0 Å². The molecule has 0 saturated carbocycles. The van der Waals surface area contributed by atoms with Gasteiger partial charge in [0.25, 0.3) is 11.8 Å². The lowest BCUT2D eigenvalue weighted by molar-refractivity contribution is -0.120. The summed E-state index contributed by atoms with van der Waals surface area (Å²) in [6.45, 7) is 1.99. The Kier molecular flexibility index (Phi) is 5.28. The van der Waals surface area contributed by atoms with E-state index in [1.807, 2.05) is 31.2 Å². The summed E-state index contributed by atoms with van der Waals surface area (Å²) in [6, 6.07) is 13.4. The van der Waals surface area contributed by atoms with Gasteiger partial charge in [-0.1, -0.05) is 36.7 Å². The van der Waals surface area contributed by atoms with Crippen LogP contribution in [0, 0.1) is 0 Å². The minimum absolute atomic E-state index is 0.0274. The fourth-order valence-electron chi connectivity index (χ4n) is 2.80. The molecule has 2 aromatic carbocycles. The number of rotatable bonds is 5. The number of esters is 1. The molecule has 0 atom stereocenters. The third-order valence-corrected chi connectivity index (χ3v) is 4.58. The summed E-state index contributed by atoms with van der Waals surface area (Å²) in [7, 11) is 1.28. The van der Waals surface area contributed by atoms with Crippen LogP contribution in [0.15, 0.2) is 59.3 Å². The number of carbonyl (C=O) groups excluding carboxylic acids is 3. The molecule has 1 aliphatic rings. The van der Waals surface area contributed by atoms with Crippen molar-refractivity contribution in [1.82, 2.24) is 0 Å². The number of nitrogens with one attached hydrogen (secondary N) is 1. The molecule has 0 saturated heterocycles. The molecule has 0 aliphatic carbocycles. The predicted molar refractivity (Wildman–Crippen MR) is 103 cm³/mol. The molecule has 0 aromatic heterocycles. The molecule has 0 unspecified atom stereocenters. The van der Waals surface area contributed by atoms with Gasteiger partial charge in [0.15, 0.2) is 0 Å². The number of imide groups is 1. The highest BCUT2D eigenvalue weighted by molar-refractivity contribution is 6.53. The zero-order valence-corrected chi connectivity index (χ0v) is 15.5. The van der Waals surface area contributed by atoms with Gasteiger partial charge in [0, 0.05) is 5.69 Å². The number of amides is 2. The fourth-order valence-corrected chi connectivity index (χ4v) is 3.01. The van der Waals surface area contributed by atoms with Crippen LogP contribution in [-0.4, -0.2) is 24.9 Å². The van der Waals surface area contributed by atoms with E-state index in [1.54, 1.807) is 0 Å². The summed E-state index contributed by atoms with van der Waals surface area (Å²) in [6.07, 6.45) is 0.759. The van der Waals surface area contributed by atoms with Crippen molar-refractivity contribution in [3.05, 3.63) is 70.4 Å². The second kappa shape index (κ2) is 7.63. The van der Waals surface area contributed by atoms with E-state index in [4.69, 9.17) is 11.6 Å². The Morgan fingerprint density at radius 2 is 1.74 bits per heavy atom. The molecule has 1 heterocycles. The first-order valence-electron chi connectivity index (χ1n) is 8.29. The maximum atomic E-state index is 12.8. The van der Waals surface area contributed by atoms with Crippen molar-refractivity contribution in [2.45, 2.75) is 13.3 Å². The number of methoxy groups -OCH3 is 1. The molecule has 2 aromatic rings. The minimum atomic E-state index is -0.621. The van der Waals surface area contributed by atoms with Gasteiger partial charge in [0.05, 0.1) is 18.4 Å². The van der Waals surface area contributed by atoms with Crippen molar-refractivity contribution in [1.29, 1.82) is 0 Å². The molecule has 6 nitrogen and oxygen atoms in total. The molecule has 27 heavy (non-hydrogen) atoms. The second-order valence-electron chi connectivity index (χ2n) is 5.81. The number of aryl methyl sites for hydroxylation is 1. The lowest BCUT2D eigenvalue weighted by Gasteiger charge is -2.16. The van der Waals surface area contributed by atoms with Gasteiger partial charge in [-0.15, -0.1) is 0 Å². The first-order valence-corrected chi connectivity index (χ1v) is 8.67. The maximum absolute atomic E-state index is 12.8. The summed E-state index contributed by atoms with van der Waals surface area (Å²) in [4.78, 5) is 37.9. The van der Waals surface area contributed by atoms with Gasteiger partial charge in [-0.25, -0.2) is 9.69 Å². The van der Waals surface area contributed by atoms with E-state index in [-0.39, 0.29) is 10.7 Å². The number of ether oxygens (including phenoxy) is 1. The Hall–Kier alpha value is -3.12. The first kappa shape index (κ1) is 18.7. The van der Waals surface area contributed by atoms with Crippen molar-refractivity contribution in [3.63, 3.8) is 0 Å². The highest BCUT2D eigenvalue weighted by Crippen LogP contribution is 2.31. The highest BCUT2D eigenvalue weighted by atomic mass is 35.5. The van der Waals surface area contributed by atoms with E-state index < -0.39 is 17.8 Å². The molecule has 7 heteroatoms. The summed E-state index contributed by atoms with van der Waals surface area (Å²) in [5.41, 5.74) is 2.37. The number of halogens is 1. The monoisotopic (exact) mass is 384 g/mol. The van der Waals surface area contributed by atoms with Gasteiger partial charge >= 0.3 is 5.97 Å². The van der Waals surface area contributed by atoms with Crippen molar-refractivity contribution >= 4 is 40.8 Å². The van der Waals surface area contributed by atoms with Crippen LogP contribution in [-0.2, 0) is 20.7 Å². The van der Waals surface area contributed by atoms with Gasteiger partial charge in [-0.05, 0) is 42.3 Å². The molecule has 0 spiro atoms. The lowest BCUT2D eigenvalue weighted by atomic mass is 10.1. The van der Waals surface area contributed by atoms with Crippen LogP contribution in [0.2, 0.25) is 0 Å². The summed E-state index contributed by atoms with van der Waals surface area (Å²) >= 11 is 6.15. The average Bonchev–Trinajstić information content (AvgIpc) is 2.91. The van der Waals surface area contributed by atoms with E-state index in [9.17, 15) is 14.4 Å². The van der Waals surface area contributed by atoms with Crippen LogP contribution >= 0.6 is 11.6 Å². The maximum Gasteiger partial charge on any atom is 0.337 e. The molecule has 138 valence electrons. The number of hydrogen-bond acceptors (Lipinski definition) is 5. The van der Waals surface area contributed by atoms with Gasteiger partial charge in [-0.3, -0.25) is 9.59 Å². The Bertz CT molecular complexity index is 951. The molecule has 0 radical (unpaired) electrons. The molecule has 1 N–H and O–H groups in total. The standard InChI is InChI=1S/C20H17ClN2O4/c1-3-12-6-4-5-7-15(12)22-17-16(21)18(24)23(19(17)25)14-10-8-13(9-11-14)20(26)27-2/h4-11,22H,3H2,1-2H3. The van der Waals surface area contributed by atoms with E-state index in [1.165, 1.54) is 31.4 Å². The fraction of sp³-hybridized carbons (Fsp3) is 0.150. The van der Waals surface area contributed by atoms with Crippen molar-refractivity contribution in [2.75, 3.05) is 17.3 Å². The predicted octanol–water partition coefficient (Wildman–Crippen LogP) is 3.47.